The van der Waals surface area contributed by atoms with Gasteiger partial charge < -0.3 is 40.7 Å². The molecular formula is C48H54N4O12. The number of ether oxygens (including phenoxy) is 2. The third kappa shape index (κ3) is 7.69. The predicted molar refractivity (Wildman–Crippen MR) is 229 cm³/mol. The molecule has 11 atom stereocenters. The van der Waals surface area contributed by atoms with Crippen LogP contribution in [0, 0.1) is 28.6 Å². The van der Waals surface area contributed by atoms with E-state index in [2.05, 4.69) is 22.9 Å². The Kier molecular flexibility index (Phi) is 11.9. The Balaban J connectivity index is 0.882. The fourth-order valence-electron chi connectivity index (χ4n) is 11.5. The molecule has 2 aromatic rings. The molecule has 8 rings (SSSR count). The lowest BCUT2D eigenvalue weighted by Gasteiger charge is -2.59. The van der Waals surface area contributed by atoms with Crippen LogP contribution in [-0.2, 0) is 49.5 Å². The van der Waals surface area contributed by atoms with Crippen LogP contribution in [0.1, 0.15) is 82.8 Å². The Morgan fingerprint density at radius 3 is 2.31 bits per heavy atom. The van der Waals surface area contributed by atoms with Crippen molar-refractivity contribution in [2.45, 2.75) is 102 Å². The lowest BCUT2D eigenvalue weighted by Crippen LogP contribution is -2.63. The molecule has 1 unspecified atom stereocenters. The topological polar surface area (TPSA) is 238 Å². The molecule has 2 aliphatic heterocycles. The number of nitrogens with zero attached hydrogens (tertiary/aromatic N) is 1. The number of hydrogen-bond donors (Lipinski definition) is 6. The highest BCUT2D eigenvalue weighted by Gasteiger charge is 2.76. The molecule has 0 spiro atoms. The highest BCUT2D eigenvalue weighted by Crippen LogP contribution is 2.70. The van der Waals surface area contributed by atoms with Crippen molar-refractivity contribution in [3.8, 4) is 5.75 Å². The summed E-state index contributed by atoms with van der Waals surface area (Å²) in [5.41, 5.74) is 0.674. The van der Waals surface area contributed by atoms with Gasteiger partial charge in [0.15, 0.2) is 23.5 Å². The van der Waals surface area contributed by atoms with Gasteiger partial charge in [-0.25, -0.2) is 0 Å². The summed E-state index contributed by atoms with van der Waals surface area (Å²) >= 11 is 0. The second-order valence-corrected chi connectivity index (χ2v) is 18.5. The Bertz CT molecular complexity index is 2380. The molecule has 1 saturated heterocycles. The predicted octanol–water partition coefficient (Wildman–Crippen LogP) is 2.85. The van der Waals surface area contributed by atoms with Gasteiger partial charge in [0.25, 0.3) is 11.8 Å². The molecule has 16 heteroatoms. The van der Waals surface area contributed by atoms with Gasteiger partial charge in [0.1, 0.15) is 24.4 Å². The number of aromatic hydroxyl groups is 1. The molecule has 4 aliphatic carbocycles. The molecule has 64 heavy (non-hydrogen) atoms. The van der Waals surface area contributed by atoms with Gasteiger partial charge in [-0.3, -0.25) is 38.5 Å². The van der Waals surface area contributed by atoms with Crippen molar-refractivity contribution in [1.82, 2.24) is 15.5 Å². The third-order valence-corrected chi connectivity index (χ3v) is 14.8. The number of rotatable bonds is 13. The first-order valence-corrected chi connectivity index (χ1v) is 21.8. The van der Waals surface area contributed by atoms with Crippen molar-refractivity contribution in [2.75, 3.05) is 18.5 Å². The molecule has 2 aromatic carbocycles. The molecule has 2 heterocycles. The van der Waals surface area contributed by atoms with Gasteiger partial charge in [0.2, 0.25) is 17.7 Å². The fraction of sp³-hybridized carbons (Fsp3) is 0.479. The molecular weight excluding hydrogens is 825 g/mol. The monoisotopic (exact) mass is 878 g/mol. The normalized spacial score (nSPS) is 32.2. The van der Waals surface area contributed by atoms with Crippen molar-refractivity contribution in [3.63, 3.8) is 0 Å². The molecule has 4 fully saturated rings. The number of allylic oxidation sites excluding steroid dienone is 4. The van der Waals surface area contributed by atoms with Gasteiger partial charge in [-0.15, -0.1) is 0 Å². The van der Waals surface area contributed by atoms with E-state index in [1.165, 1.54) is 19.9 Å². The number of fused-ring (bicyclic) bond motifs is 7. The number of Topliss-reactive ketones (excluding diaryl/α,β-unsaturated/α-hetero) is 1. The quantitative estimate of drug-likeness (QED) is 0.126. The van der Waals surface area contributed by atoms with Crippen LogP contribution < -0.4 is 16.0 Å². The van der Waals surface area contributed by atoms with Gasteiger partial charge in [0, 0.05) is 47.4 Å². The van der Waals surface area contributed by atoms with E-state index >= 15 is 0 Å². The summed E-state index contributed by atoms with van der Waals surface area (Å²) in [6.07, 6.45) is 7.62. The van der Waals surface area contributed by atoms with Crippen LogP contribution in [0.25, 0.3) is 0 Å². The molecule has 338 valence electrons. The maximum atomic E-state index is 14.0. The van der Waals surface area contributed by atoms with Crippen molar-refractivity contribution < 1.29 is 58.4 Å². The van der Waals surface area contributed by atoms with Gasteiger partial charge in [0.05, 0.1) is 17.9 Å². The standard InChI is InChI=1S/C48H54N4O12/c1-25(49-39(58)16-18-52-40(59)13-14-41(52)60)43(61)50-26(2)44(62)51-34-20-28(7-12-35(34)55)19-27-5-8-29(9-6-27)45-63-38-22-33-32-11-10-30-21-31(54)15-17-46(30,3)42(32)36(56)23-47(33,4)48(38,64-45)37(57)24-53/h5-9,12-15,17,20-21,25-26,32-33,36,38,42,45,53,55-56H,10-11,16,18-19,22-24H2,1-4H3,(H,49,58)(H,50,61)(H,51,62)/t25-,26-,32-,33-,36-,38+,42?,45+,46-,47-,48+/m0/s1. The van der Waals surface area contributed by atoms with E-state index in [0.29, 0.717) is 18.4 Å². The number of carbonyl (C=O) groups excluding carboxylic acids is 7. The fourth-order valence-corrected chi connectivity index (χ4v) is 11.5. The molecule has 6 aliphatic rings. The van der Waals surface area contributed by atoms with E-state index in [4.69, 9.17) is 9.47 Å². The van der Waals surface area contributed by atoms with Gasteiger partial charge in [-0.1, -0.05) is 55.8 Å². The van der Waals surface area contributed by atoms with Crippen LogP contribution in [0.15, 0.2) is 78.4 Å². The second-order valence-electron chi connectivity index (χ2n) is 18.5. The minimum Gasteiger partial charge on any atom is -0.506 e. The minimum atomic E-state index is -1.48. The van der Waals surface area contributed by atoms with Crippen LogP contribution >= 0.6 is 0 Å². The van der Waals surface area contributed by atoms with E-state index in [-0.39, 0.29) is 54.4 Å². The van der Waals surface area contributed by atoms with Gasteiger partial charge >= 0.3 is 0 Å². The number of phenolic OH excluding ortho intramolecular Hbond substituents is 1. The van der Waals surface area contributed by atoms with Crippen LogP contribution in [0.4, 0.5) is 5.69 Å². The molecule has 0 aromatic heterocycles. The number of anilines is 1. The zero-order valence-electron chi connectivity index (χ0n) is 36.2. The maximum absolute atomic E-state index is 14.0. The molecule has 3 saturated carbocycles. The summed E-state index contributed by atoms with van der Waals surface area (Å²) in [6.45, 7) is 6.09. The second kappa shape index (κ2) is 17.0. The highest BCUT2D eigenvalue weighted by molar-refractivity contribution is 6.13. The van der Waals surface area contributed by atoms with E-state index in [1.807, 2.05) is 37.3 Å². The SMILES string of the molecule is C[C@H](NC(=O)CCN1C(=O)C=CC1=O)C(=O)N[C@@H](C)C(=O)Nc1cc(Cc2ccc([C@@H]3O[C@@H]4C[C@H]5[C@@H]6CCC7=CC(=O)C=C[C@]7(C)C6[C@@H](O)C[C@]5(C)[C@]4(C(=O)CO)O3)cc2)ccc1O. The zero-order chi connectivity index (χ0) is 45.9. The summed E-state index contributed by atoms with van der Waals surface area (Å²) in [5.74, 6) is -3.71. The number of carbonyl (C=O) groups is 7. The Hall–Kier alpha value is -5.81. The number of benzene rings is 2. The first-order chi connectivity index (χ1) is 30.4. The average Bonchev–Trinajstić information content (AvgIpc) is 3.88. The smallest absolute Gasteiger partial charge is 0.253 e. The number of aliphatic hydroxyl groups is 2. The maximum Gasteiger partial charge on any atom is 0.253 e. The van der Waals surface area contributed by atoms with E-state index < -0.39 is 88.9 Å². The molecule has 5 amide bonds. The van der Waals surface area contributed by atoms with Crippen molar-refractivity contribution in [2.24, 2.45) is 28.6 Å². The Labute approximate surface area is 370 Å². The van der Waals surface area contributed by atoms with Crippen LogP contribution in [-0.4, -0.2) is 104 Å². The summed E-state index contributed by atoms with van der Waals surface area (Å²) in [6, 6.07) is 10.2. The summed E-state index contributed by atoms with van der Waals surface area (Å²) < 4.78 is 13.3. The largest absolute Gasteiger partial charge is 0.506 e. The van der Waals surface area contributed by atoms with E-state index in [1.54, 1.807) is 24.3 Å². The van der Waals surface area contributed by atoms with E-state index in [0.717, 1.165) is 46.6 Å². The first kappa shape index (κ1) is 44.8. The van der Waals surface area contributed by atoms with Gasteiger partial charge in [-0.2, -0.15) is 0 Å². The number of phenols is 1. The molecule has 16 nitrogen and oxygen atoms in total. The molecule has 0 radical (unpaired) electrons. The third-order valence-electron chi connectivity index (χ3n) is 14.8. The van der Waals surface area contributed by atoms with Crippen molar-refractivity contribution >= 4 is 46.8 Å². The van der Waals surface area contributed by atoms with Crippen molar-refractivity contribution in [1.29, 1.82) is 0 Å². The number of aliphatic hydroxyl groups excluding tert-OH is 2. The van der Waals surface area contributed by atoms with E-state index in [9.17, 15) is 48.9 Å². The Morgan fingerprint density at radius 1 is 0.922 bits per heavy atom. The number of nitrogens with one attached hydrogen (secondary N) is 3. The summed E-state index contributed by atoms with van der Waals surface area (Å²) in [7, 11) is 0. The zero-order valence-corrected chi connectivity index (χ0v) is 36.2. The summed E-state index contributed by atoms with van der Waals surface area (Å²) in [4.78, 5) is 88.9. The number of imide groups is 1. The first-order valence-electron chi connectivity index (χ1n) is 21.8. The van der Waals surface area contributed by atoms with Gasteiger partial charge in [-0.05, 0) is 93.2 Å². The van der Waals surface area contributed by atoms with Crippen LogP contribution in [0.5, 0.6) is 5.75 Å². The highest BCUT2D eigenvalue weighted by atomic mass is 16.7. The number of hydrogen-bond acceptors (Lipinski definition) is 12. The van der Waals surface area contributed by atoms with Crippen LogP contribution in [0.2, 0.25) is 0 Å². The summed E-state index contributed by atoms with van der Waals surface area (Å²) in [5, 5.41) is 40.6. The average molecular weight is 879 g/mol. The lowest BCUT2D eigenvalue weighted by atomic mass is 9.46. The molecule has 6 N–H and O–H groups in total. The Morgan fingerprint density at radius 2 is 1.61 bits per heavy atom. The number of amides is 5. The van der Waals surface area contributed by atoms with Crippen LogP contribution in [0.3, 0.4) is 0 Å². The minimum absolute atomic E-state index is 0.0297. The lowest BCUT2D eigenvalue weighted by molar-refractivity contribution is -0.201. The number of ketones is 2. The van der Waals surface area contributed by atoms with Crippen molar-refractivity contribution in [3.05, 3.63) is 95.1 Å². The molecule has 0 bridgehead atoms.